The summed E-state index contributed by atoms with van der Waals surface area (Å²) in [6.45, 7) is 1.48. The van der Waals surface area contributed by atoms with Gasteiger partial charge in [-0.3, -0.25) is 4.79 Å². The SMILES string of the molecule is CNCCN(C)C(=O)c1ccccc1S. The third-order valence-corrected chi connectivity index (χ3v) is 2.57. The number of rotatable bonds is 4. The zero-order chi connectivity index (χ0) is 11.3. The number of thiol groups is 1. The Morgan fingerprint density at radius 2 is 2.13 bits per heavy atom. The van der Waals surface area contributed by atoms with Crippen molar-refractivity contribution in [2.45, 2.75) is 4.90 Å². The van der Waals surface area contributed by atoms with E-state index >= 15 is 0 Å². The van der Waals surface area contributed by atoms with Gasteiger partial charge in [0.1, 0.15) is 0 Å². The number of nitrogens with zero attached hydrogens (tertiary/aromatic N) is 1. The van der Waals surface area contributed by atoms with E-state index in [1.165, 1.54) is 0 Å². The van der Waals surface area contributed by atoms with E-state index in [1.807, 2.05) is 25.2 Å². The number of nitrogens with one attached hydrogen (secondary N) is 1. The van der Waals surface area contributed by atoms with Gasteiger partial charge in [-0.2, -0.15) is 0 Å². The minimum atomic E-state index is 0.0100. The lowest BCUT2D eigenvalue weighted by Crippen LogP contribution is -2.32. The van der Waals surface area contributed by atoms with E-state index in [1.54, 1.807) is 18.0 Å². The highest BCUT2D eigenvalue weighted by atomic mass is 32.1. The lowest BCUT2D eigenvalue weighted by Gasteiger charge is -2.17. The molecule has 0 unspecified atom stereocenters. The molecule has 0 aromatic heterocycles. The molecule has 3 nitrogen and oxygen atoms in total. The number of likely N-dealkylation sites (N-methyl/N-ethyl adjacent to an activating group) is 2. The molecule has 0 radical (unpaired) electrons. The number of carbonyl (C=O) groups excluding carboxylic acids is 1. The van der Waals surface area contributed by atoms with Gasteiger partial charge >= 0.3 is 0 Å². The fourth-order valence-corrected chi connectivity index (χ4v) is 1.50. The van der Waals surface area contributed by atoms with Gasteiger partial charge in [-0.15, -0.1) is 12.6 Å². The highest BCUT2D eigenvalue weighted by molar-refractivity contribution is 7.80. The van der Waals surface area contributed by atoms with Crippen LogP contribution in [0.5, 0.6) is 0 Å². The van der Waals surface area contributed by atoms with Crippen molar-refractivity contribution in [3.63, 3.8) is 0 Å². The first-order chi connectivity index (χ1) is 7.16. The quantitative estimate of drug-likeness (QED) is 0.755. The third-order valence-electron chi connectivity index (χ3n) is 2.18. The number of benzene rings is 1. The average molecular weight is 224 g/mol. The summed E-state index contributed by atoms with van der Waals surface area (Å²) in [5.41, 5.74) is 0.652. The minimum absolute atomic E-state index is 0.0100. The molecule has 0 fully saturated rings. The summed E-state index contributed by atoms with van der Waals surface area (Å²) in [4.78, 5) is 14.3. The van der Waals surface area contributed by atoms with Gasteiger partial charge in [0.25, 0.3) is 5.91 Å². The van der Waals surface area contributed by atoms with Gasteiger partial charge in [-0.25, -0.2) is 0 Å². The van der Waals surface area contributed by atoms with E-state index < -0.39 is 0 Å². The number of hydrogen-bond acceptors (Lipinski definition) is 3. The molecule has 4 heteroatoms. The lowest BCUT2D eigenvalue weighted by molar-refractivity contribution is 0.0793. The van der Waals surface area contributed by atoms with Crippen molar-refractivity contribution >= 4 is 18.5 Å². The molecule has 1 amide bonds. The van der Waals surface area contributed by atoms with Gasteiger partial charge < -0.3 is 10.2 Å². The molecule has 0 bridgehead atoms. The predicted molar refractivity (Wildman–Crippen MR) is 64.6 cm³/mol. The van der Waals surface area contributed by atoms with Crippen LogP contribution < -0.4 is 5.32 Å². The average Bonchev–Trinajstić information content (AvgIpc) is 2.25. The van der Waals surface area contributed by atoms with E-state index in [4.69, 9.17) is 0 Å². The number of carbonyl (C=O) groups is 1. The molecule has 0 aliphatic carbocycles. The molecule has 1 N–H and O–H groups in total. The zero-order valence-corrected chi connectivity index (χ0v) is 9.92. The van der Waals surface area contributed by atoms with Crippen molar-refractivity contribution < 1.29 is 4.79 Å². The van der Waals surface area contributed by atoms with Crippen LogP contribution in [-0.2, 0) is 0 Å². The van der Waals surface area contributed by atoms with Gasteiger partial charge in [0.15, 0.2) is 0 Å². The van der Waals surface area contributed by atoms with Crippen molar-refractivity contribution in [1.29, 1.82) is 0 Å². The second-order valence-electron chi connectivity index (χ2n) is 3.35. The Hall–Kier alpha value is -1.00. The second-order valence-corrected chi connectivity index (χ2v) is 3.83. The molecule has 0 saturated carbocycles. The number of hydrogen-bond donors (Lipinski definition) is 2. The standard InChI is InChI=1S/C11H16N2OS/c1-12-7-8-13(2)11(14)9-5-3-4-6-10(9)15/h3-6,12,15H,7-8H2,1-2H3. The van der Waals surface area contributed by atoms with Crippen LogP contribution >= 0.6 is 12.6 Å². The smallest absolute Gasteiger partial charge is 0.254 e. The molecule has 0 aliphatic rings. The summed E-state index contributed by atoms with van der Waals surface area (Å²) < 4.78 is 0. The van der Waals surface area contributed by atoms with Crippen LogP contribution in [0.3, 0.4) is 0 Å². The molecule has 1 aromatic rings. The van der Waals surface area contributed by atoms with E-state index in [0.717, 1.165) is 11.4 Å². The van der Waals surface area contributed by atoms with E-state index in [9.17, 15) is 4.79 Å². The van der Waals surface area contributed by atoms with Crippen LogP contribution in [0.15, 0.2) is 29.2 Å². The highest BCUT2D eigenvalue weighted by Gasteiger charge is 2.12. The molecule has 0 heterocycles. The maximum absolute atomic E-state index is 11.9. The van der Waals surface area contributed by atoms with E-state index in [0.29, 0.717) is 12.1 Å². The topological polar surface area (TPSA) is 32.3 Å². The third kappa shape index (κ3) is 3.25. The lowest BCUT2D eigenvalue weighted by atomic mass is 10.2. The first-order valence-electron chi connectivity index (χ1n) is 4.85. The normalized spacial score (nSPS) is 10.1. The van der Waals surface area contributed by atoms with Gasteiger partial charge in [0, 0.05) is 25.0 Å². The van der Waals surface area contributed by atoms with Gasteiger partial charge in [-0.05, 0) is 19.2 Å². The Bertz CT molecular complexity index is 341. The van der Waals surface area contributed by atoms with Gasteiger partial charge in [0.05, 0.1) is 5.56 Å². The summed E-state index contributed by atoms with van der Waals surface area (Å²) in [5.74, 6) is 0.0100. The van der Waals surface area contributed by atoms with Crippen LogP contribution in [0.25, 0.3) is 0 Å². The Morgan fingerprint density at radius 1 is 1.47 bits per heavy atom. The number of amides is 1. The molecule has 15 heavy (non-hydrogen) atoms. The highest BCUT2D eigenvalue weighted by Crippen LogP contribution is 2.14. The Kier molecular flexibility index (Phi) is 4.65. The fraction of sp³-hybridized carbons (Fsp3) is 0.364. The largest absolute Gasteiger partial charge is 0.340 e. The molecule has 1 aromatic carbocycles. The summed E-state index contributed by atoms with van der Waals surface area (Å²) in [7, 11) is 3.66. The van der Waals surface area contributed by atoms with Crippen molar-refractivity contribution in [1.82, 2.24) is 10.2 Å². The molecular formula is C11H16N2OS. The Labute approximate surface area is 95.9 Å². The Balaban J connectivity index is 2.72. The van der Waals surface area contributed by atoms with Crippen LogP contribution in [0.2, 0.25) is 0 Å². The van der Waals surface area contributed by atoms with Crippen molar-refractivity contribution in [3.05, 3.63) is 29.8 Å². The Morgan fingerprint density at radius 3 is 2.73 bits per heavy atom. The molecule has 82 valence electrons. The van der Waals surface area contributed by atoms with Crippen molar-refractivity contribution in [2.24, 2.45) is 0 Å². The summed E-state index contributed by atoms with van der Waals surface area (Å²) in [6, 6.07) is 7.33. The van der Waals surface area contributed by atoms with E-state index in [-0.39, 0.29) is 5.91 Å². The van der Waals surface area contributed by atoms with Gasteiger partial charge in [-0.1, -0.05) is 12.1 Å². The predicted octanol–water partition coefficient (Wildman–Crippen LogP) is 1.27. The van der Waals surface area contributed by atoms with Crippen LogP contribution in [0, 0.1) is 0 Å². The zero-order valence-electron chi connectivity index (χ0n) is 9.03. The van der Waals surface area contributed by atoms with Crippen LogP contribution in [0.1, 0.15) is 10.4 Å². The van der Waals surface area contributed by atoms with E-state index in [2.05, 4.69) is 17.9 Å². The monoisotopic (exact) mass is 224 g/mol. The van der Waals surface area contributed by atoms with Crippen LogP contribution in [-0.4, -0.2) is 38.0 Å². The fourth-order valence-electron chi connectivity index (χ4n) is 1.24. The first-order valence-corrected chi connectivity index (χ1v) is 5.29. The second kappa shape index (κ2) is 5.78. The summed E-state index contributed by atoms with van der Waals surface area (Å²) in [6.07, 6.45) is 0. The first kappa shape index (κ1) is 12.1. The molecular weight excluding hydrogens is 208 g/mol. The maximum Gasteiger partial charge on any atom is 0.254 e. The summed E-state index contributed by atoms with van der Waals surface area (Å²) in [5, 5.41) is 3.01. The maximum atomic E-state index is 11.9. The molecule has 1 rings (SSSR count). The van der Waals surface area contributed by atoms with Gasteiger partial charge in [0.2, 0.25) is 0 Å². The molecule has 0 spiro atoms. The molecule has 0 aliphatic heterocycles. The van der Waals surface area contributed by atoms with Crippen molar-refractivity contribution in [2.75, 3.05) is 27.2 Å². The van der Waals surface area contributed by atoms with Crippen molar-refractivity contribution in [3.8, 4) is 0 Å². The molecule has 0 saturated heterocycles. The minimum Gasteiger partial charge on any atom is -0.340 e. The van der Waals surface area contributed by atoms with Crippen LogP contribution in [0.4, 0.5) is 0 Å². The summed E-state index contributed by atoms with van der Waals surface area (Å²) >= 11 is 4.26. The molecule has 0 atom stereocenters.